The molecule has 0 heterocycles. The summed E-state index contributed by atoms with van der Waals surface area (Å²) in [5.41, 5.74) is 1.93. The summed E-state index contributed by atoms with van der Waals surface area (Å²) in [5, 5.41) is 0. The highest BCUT2D eigenvalue weighted by atomic mass is 35.5. The van der Waals surface area contributed by atoms with E-state index in [0.29, 0.717) is 12.3 Å². The number of alkyl halides is 1. The molecule has 0 radical (unpaired) electrons. The first-order valence-corrected chi connectivity index (χ1v) is 7.21. The van der Waals surface area contributed by atoms with Crippen LogP contribution in [0.25, 0.3) is 0 Å². The summed E-state index contributed by atoms with van der Waals surface area (Å²) in [5.74, 6) is 0.684. The predicted molar refractivity (Wildman–Crippen MR) is 64.0 cm³/mol. The van der Waals surface area contributed by atoms with Crippen molar-refractivity contribution < 1.29 is 8.42 Å². The largest absolute Gasteiger partial charge is 0.228 e. The number of sulfone groups is 1. The number of hydrogen-bond acceptors (Lipinski definition) is 2. The summed E-state index contributed by atoms with van der Waals surface area (Å²) in [7, 11) is -3.00. The van der Waals surface area contributed by atoms with Crippen molar-refractivity contribution in [2.45, 2.75) is 19.1 Å². The van der Waals surface area contributed by atoms with Crippen molar-refractivity contribution in [1.82, 2.24) is 0 Å². The van der Waals surface area contributed by atoms with Gasteiger partial charge in [-0.25, -0.2) is 8.42 Å². The Morgan fingerprint density at radius 3 is 2.67 bits per heavy atom. The lowest BCUT2D eigenvalue weighted by molar-refractivity contribution is 0.594. The lowest BCUT2D eigenvalue weighted by atomic mass is 10.2. The Kier molecular flexibility index (Phi) is 4.61. The number of aryl methyl sites for hydroxylation is 1. The molecular weight excluding hydrogens is 232 g/mol. The highest BCUT2D eigenvalue weighted by molar-refractivity contribution is 7.90. The molecule has 0 saturated heterocycles. The average molecular weight is 247 g/mol. The van der Waals surface area contributed by atoms with Gasteiger partial charge in [0, 0.05) is 5.88 Å². The maximum atomic E-state index is 11.6. The molecule has 0 amide bonds. The fourth-order valence-electron chi connectivity index (χ4n) is 1.40. The van der Waals surface area contributed by atoms with Gasteiger partial charge < -0.3 is 0 Å². The Morgan fingerprint density at radius 1 is 1.33 bits per heavy atom. The molecule has 4 heteroatoms. The highest BCUT2D eigenvalue weighted by Crippen LogP contribution is 2.09. The number of benzene rings is 1. The Bertz CT molecular complexity index is 412. The second-order valence-electron chi connectivity index (χ2n) is 3.62. The van der Waals surface area contributed by atoms with Crippen molar-refractivity contribution in [2.75, 3.05) is 11.6 Å². The Balaban J connectivity index is 2.69. The summed E-state index contributed by atoms with van der Waals surface area (Å²) >= 11 is 5.47. The average Bonchev–Trinajstić information content (AvgIpc) is 2.14. The van der Waals surface area contributed by atoms with E-state index in [0.717, 1.165) is 11.1 Å². The van der Waals surface area contributed by atoms with E-state index in [-0.39, 0.29) is 11.5 Å². The van der Waals surface area contributed by atoms with Crippen molar-refractivity contribution in [1.29, 1.82) is 0 Å². The molecule has 15 heavy (non-hydrogen) atoms. The zero-order valence-electron chi connectivity index (χ0n) is 8.74. The molecule has 0 saturated carbocycles. The minimum absolute atomic E-state index is 0.117. The fourth-order valence-corrected chi connectivity index (χ4v) is 3.11. The van der Waals surface area contributed by atoms with E-state index in [1.54, 1.807) is 0 Å². The lowest BCUT2D eigenvalue weighted by Crippen LogP contribution is -2.09. The third-order valence-corrected chi connectivity index (χ3v) is 4.01. The van der Waals surface area contributed by atoms with E-state index in [1.807, 2.05) is 31.2 Å². The van der Waals surface area contributed by atoms with E-state index in [1.165, 1.54) is 0 Å². The smallest absolute Gasteiger partial charge is 0.154 e. The summed E-state index contributed by atoms with van der Waals surface area (Å²) in [6.07, 6.45) is 0.524. The monoisotopic (exact) mass is 246 g/mol. The third kappa shape index (κ3) is 4.67. The van der Waals surface area contributed by atoms with Crippen molar-refractivity contribution in [3.05, 3.63) is 35.4 Å². The van der Waals surface area contributed by atoms with E-state index in [4.69, 9.17) is 11.6 Å². The van der Waals surface area contributed by atoms with Crippen LogP contribution in [0.2, 0.25) is 0 Å². The molecule has 84 valence electrons. The zero-order valence-corrected chi connectivity index (χ0v) is 10.3. The van der Waals surface area contributed by atoms with Crippen LogP contribution in [0.1, 0.15) is 17.5 Å². The van der Waals surface area contributed by atoms with Crippen LogP contribution >= 0.6 is 11.6 Å². The molecule has 1 rings (SSSR count). The van der Waals surface area contributed by atoms with E-state index >= 15 is 0 Å². The highest BCUT2D eigenvalue weighted by Gasteiger charge is 2.11. The third-order valence-electron chi connectivity index (χ3n) is 2.06. The van der Waals surface area contributed by atoms with Gasteiger partial charge >= 0.3 is 0 Å². The van der Waals surface area contributed by atoms with Crippen LogP contribution in [-0.2, 0) is 15.6 Å². The molecular formula is C11H15ClO2S. The van der Waals surface area contributed by atoms with Crippen molar-refractivity contribution in [3.63, 3.8) is 0 Å². The van der Waals surface area contributed by atoms with Crippen molar-refractivity contribution in [2.24, 2.45) is 0 Å². The van der Waals surface area contributed by atoms with Crippen LogP contribution in [-0.4, -0.2) is 20.1 Å². The van der Waals surface area contributed by atoms with E-state index in [9.17, 15) is 8.42 Å². The van der Waals surface area contributed by atoms with Gasteiger partial charge in [0.25, 0.3) is 0 Å². The zero-order chi connectivity index (χ0) is 11.3. The molecule has 2 nitrogen and oxygen atoms in total. The van der Waals surface area contributed by atoms with Gasteiger partial charge in [0.05, 0.1) is 11.5 Å². The van der Waals surface area contributed by atoms with Crippen LogP contribution in [0.5, 0.6) is 0 Å². The molecule has 0 aliphatic carbocycles. The normalized spacial score (nSPS) is 11.6. The molecule has 0 fully saturated rings. The standard InChI is InChI=1S/C11H15ClO2S/c1-10-4-2-5-11(8-10)9-15(13,14)7-3-6-12/h2,4-5,8H,3,6-7,9H2,1H3. The SMILES string of the molecule is Cc1cccc(CS(=O)(=O)CCCCl)c1. The molecule has 0 unspecified atom stereocenters. The van der Waals surface area contributed by atoms with E-state index < -0.39 is 9.84 Å². The van der Waals surface area contributed by atoms with Gasteiger partial charge in [0.2, 0.25) is 0 Å². The Hall–Kier alpha value is -0.540. The van der Waals surface area contributed by atoms with Gasteiger partial charge in [0.1, 0.15) is 0 Å². The molecule has 1 aromatic rings. The molecule has 0 N–H and O–H groups in total. The van der Waals surface area contributed by atoms with E-state index in [2.05, 4.69) is 0 Å². The van der Waals surface area contributed by atoms with Gasteiger partial charge in [-0.05, 0) is 18.9 Å². The summed E-state index contributed by atoms with van der Waals surface area (Å²) in [6.45, 7) is 1.95. The molecule has 0 bridgehead atoms. The lowest BCUT2D eigenvalue weighted by Gasteiger charge is -2.04. The molecule has 0 aromatic heterocycles. The second-order valence-corrected chi connectivity index (χ2v) is 6.19. The Labute approximate surface area is 96.2 Å². The van der Waals surface area contributed by atoms with Crippen molar-refractivity contribution in [3.8, 4) is 0 Å². The number of hydrogen-bond donors (Lipinski definition) is 0. The van der Waals surface area contributed by atoms with Crippen LogP contribution in [0, 0.1) is 6.92 Å². The molecule has 1 aromatic carbocycles. The van der Waals surface area contributed by atoms with Crippen molar-refractivity contribution >= 4 is 21.4 Å². The fraction of sp³-hybridized carbons (Fsp3) is 0.455. The first kappa shape index (κ1) is 12.5. The minimum Gasteiger partial charge on any atom is -0.228 e. The number of halogens is 1. The van der Waals surface area contributed by atoms with Crippen LogP contribution in [0.3, 0.4) is 0 Å². The van der Waals surface area contributed by atoms with Gasteiger partial charge in [-0.15, -0.1) is 11.6 Å². The van der Waals surface area contributed by atoms with Crippen LogP contribution in [0.15, 0.2) is 24.3 Å². The first-order chi connectivity index (χ1) is 7.03. The topological polar surface area (TPSA) is 34.1 Å². The van der Waals surface area contributed by atoms with Crippen LogP contribution < -0.4 is 0 Å². The maximum Gasteiger partial charge on any atom is 0.154 e. The summed E-state index contributed by atoms with van der Waals surface area (Å²) in [4.78, 5) is 0. The first-order valence-electron chi connectivity index (χ1n) is 4.85. The van der Waals surface area contributed by atoms with Gasteiger partial charge in [-0.2, -0.15) is 0 Å². The summed E-state index contributed by atoms with van der Waals surface area (Å²) < 4.78 is 23.2. The van der Waals surface area contributed by atoms with Gasteiger partial charge in [0.15, 0.2) is 9.84 Å². The predicted octanol–water partition coefficient (Wildman–Crippen LogP) is 2.54. The molecule has 0 spiro atoms. The Morgan fingerprint density at radius 2 is 2.07 bits per heavy atom. The quantitative estimate of drug-likeness (QED) is 0.749. The van der Waals surface area contributed by atoms with Gasteiger partial charge in [-0.3, -0.25) is 0 Å². The maximum absolute atomic E-state index is 11.6. The second kappa shape index (κ2) is 5.52. The minimum atomic E-state index is -3.00. The molecule has 0 aliphatic heterocycles. The summed E-state index contributed by atoms with van der Waals surface area (Å²) in [6, 6.07) is 7.57. The van der Waals surface area contributed by atoms with Crippen LogP contribution in [0.4, 0.5) is 0 Å². The number of rotatable bonds is 5. The molecule has 0 atom stereocenters. The molecule has 0 aliphatic rings. The van der Waals surface area contributed by atoms with Gasteiger partial charge in [-0.1, -0.05) is 29.8 Å².